The first-order valence-electron chi connectivity index (χ1n) is 40.8. The van der Waals surface area contributed by atoms with Crippen LogP contribution in [0.2, 0.25) is 0 Å². The Bertz CT molecular complexity index is 3490. The lowest BCUT2D eigenvalue weighted by atomic mass is 10.2. The second-order valence-electron chi connectivity index (χ2n) is 20.3. The van der Waals surface area contributed by atoms with Crippen molar-refractivity contribution >= 4 is 148 Å². The number of nitrogens with zero attached hydrogens (tertiary/aromatic N) is 3. The molecule has 0 saturated carbocycles. The molecule has 8 heteroatoms. The van der Waals surface area contributed by atoms with E-state index in [1.807, 2.05) is 220 Å². The van der Waals surface area contributed by atoms with Crippen LogP contribution in [-0.4, -0.2) is 73.6 Å². The fraction of sp³-hybridized carbons (Fsp3) is 0.388. The van der Waals surface area contributed by atoms with E-state index in [2.05, 4.69) is 283 Å². The lowest BCUT2D eigenvalue weighted by molar-refractivity contribution is 0.321. The summed E-state index contributed by atoms with van der Waals surface area (Å²) in [6.07, 6.45) is 0. The minimum absolute atomic E-state index is 0.962. The van der Waals surface area contributed by atoms with Crippen molar-refractivity contribution in [3.8, 4) is 0 Å². The number of benzene rings is 10. The van der Waals surface area contributed by atoms with E-state index in [4.69, 9.17) is 4.42 Å². The normalized spacial score (nSPS) is 9.40. The molecule has 0 radical (unpaired) electrons. The van der Waals surface area contributed by atoms with E-state index >= 15 is 0 Å². The molecule has 582 valence electrons. The maximum atomic E-state index is 5.65. The SMILES string of the molecule is CC.CC.CC.CC.CC.CC.CC.CC.CC.CC.CCN(CC)CC.CCN(CC)CC.CCN(CC)CC.c1ccc2c(c1)oc1ccccc12.c1ccc2c(c1)sc1ccccc12.c1ccc2c(c1)sc1ccccc12.c1ccc2c(c1)sc1ccccc12.c1ccc2c(c1)sc1ccccc12. The van der Waals surface area contributed by atoms with Gasteiger partial charge in [-0.2, -0.15) is 0 Å². The van der Waals surface area contributed by atoms with E-state index in [1.54, 1.807) is 0 Å². The van der Waals surface area contributed by atoms with Crippen LogP contribution in [-0.2, 0) is 0 Å². The van der Waals surface area contributed by atoms with Crippen molar-refractivity contribution in [3.63, 3.8) is 0 Å². The molecule has 4 nitrogen and oxygen atoms in total. The molecule has 5 aromatic heterocycles. The molecule has 0 amide bonds. The molecule has 0 atom stereocenters. The van der Waals surface area contributed by atoms with Crippen molar-refractivity contribution < 1.29 is 4.42 Å². The minimum atomic E-state index is 0.962. The summed E-state index contributed by atoms with van der Waals surface area (Å²) in [6, 6.07) is 84.7. The molecule has 0 N–H and O–H groups in total. The van der Waals surface area contributed by atoms with Gasteiger partial charge in [0.05, 0.1) is 0 Å². The second kappa shape index (κ2) is 68.3. The van der Waals surface area contributed by atoms with Gasteiger partial charge in [0, 0.05) is 91.5 Å². The van der Waals surface area contributed by atoms with Crippen molar-refractivity contribution in [2.24, 2.45) is 0 Å². The third-order valence-corrected chi connectivity index (χ3v) is 20.1. The molecule has 0 aliphatic rings. The van der Waals surface area contributed by atoms with Crippen LogP contribution in [0.25, 0.3) is 103 Å². The van der Waals surface area contributed by atoms with Gasteiger partial charge in [0.25, 0.3) is 0 Å². The zero-order valence-corrected chi connectivity index (χ0v) is 75.1. The van der Waals surface area contributed by atoms with E-state index < -0.39 is 0 Å². The maximum Gasteiger partial charge on any atom is 0.135 e. The van der Waals surface area contributed by atoms with Gasteiger partial charge in [-0.15, -0.1) is 45.3 Å². The third-order valence-electron chi connectivity index (χ3n) is 15.4. The minimum Gasteiger partial charge on any atom is -0.456 e. The first-order valence-corrected chi connectivity index (χ1v) is 44.0. The summed E-state index contributed by atoms with van der Waals surface area (Å²) in [5, 5.41) is 13.4. The Kier molecular flexibility index (Phi) is 66.3. The van der Waals surface area contributed by atoms with E-state index in [-0.39, 0.29) is 0 Å². The molecule has 5 heterocycles. The summed E-state index contributed by atoms with van der Waals surface area (Å²) in [6.45, 7) is 70.4. The second-order valence-corrected chi connectivity index (χ2v) is 24.7. The van der Waals surface area contributed by atoms with Gasteiger partial charge in [-0.25, -0.2) is 0 Å². The fourth-order valence-electron chi connectivity index (χ4n) is 10.4. The van der Waals surface area contributed by atoms with Crippen molar-refractivity contribution in [1.82, 2.24) is 14.7 Å². The smallest absolute Gasteiger partial charge is 0.135 e. The van der Waals surface area contributed by atoms with Crippen molar-refractivity contribution in [3.05, 3.63) is 243 Å². The van der Waals surface area contributed by atoms with Crippen LogP contribution in [0.4, 0.5) is 0 Å². The van der Waals surface area contributed by atoms with Crippen molar-refractivity contribution in [1.29, 1.82) is 0 Å². The Morgan fingerprint density at radius 2 is 0.283 bits per heavy atom. The summed E-state index contributed by atoms with van der Waals surface area (Å²) in [4.78, 5) is 7.12. The standard InChI is InChI=1S/C12H8O.4C12H8S.3C6H15N.10C2H6/c5*1-3-7-11-9(5-1)10-6-2-4-8-12(10)13-11;3*1-4-7(5-2)6-3;10*1-2/h5*1-8H;3*4-6H2,1-3H3;10*1-2H3. The monoisotopic (exact) mass is 1510 g/mol. The highest BCUT2D eigenvalue weighted by Gasteiger charge is 2.06. The first kappa shape index (κ1) is 103. The highest BCUT2D eigenvalue weighted by Crippen LogP contribution is 2.36. The van der Waals surface area contributed by atoms with Crippen LogP contribution >= 0.6 is 45.3 Å². The van der Waals surface area contributed by atoms with E-state index in [0.29, 0.717) is 0 Å². The zero-order chi connectivity index (χ0) is 80.5. The van der Waals surface area contributed by atoms with Gasteiger partial charge in [0.15, 0.2) is 0 Å². The number of hydrogen-bond acceptors (Lipinski definition) is 8. The Morgan fingerprint density at radius 1 is 0.170 bits per heavy atom. The maximum absolute atomic E-state index is 5.65. The van der Waals surface area contributed by atoms with Gasteiger partial charge in [-0.1, -0.05) is 383 Å². The molecule has 0 unspecified atom stereocenters. The molecule has 106 heavy (non-hydrogen) atoms. The number of furan rings is 1. The third kappa shape index (κ3) is 34.3. The average Bonchev–Trinajstić information content (AvgIpc) is 1.70. The number of para-hydroxylation sites is 2. The average molecular weight is 1510 g/mol. The van der Waals surface area contributed by atoms with Gasteiger partial charge < -0.3 is 19.1 Å². The van der Waals surface area contributed by atoms with Crippen LogP contribution in [0, 0.1) is 0 Å². The van der Waals surface area contributed by atoms with Crippen LogP contribution < -0.4 is 0 Å². The topological polar surface area (TPSA) is 22.9 Å². The molecule has 10 aromatic carbocycles. The summed E-state index contributed by atoms with van der Waals surface area (Å²) in [5.41, 5.74) is 1.92. The van der Waals surface area contributed by atoms with Crippen LogP contribution in [0.3, 0.4) is 0 Å². The molecular formula is C98H145N3OS4. The van der Waals surface area contributed by atoms with E-state index in [0.717, 1.165) is 11.2 Å². The van der Waals surface area contributed by atoms with Crippen molar-refractivity contribution in [2.45, 2.75) is 201 Å². The molecule has 15 aromatic rings. The quantitative estimate of drug-likeness (QED) is 0.144. The Labute approximate surface area is 664 Å². The lowest BCUT2D eigenvalue weighted by Crippen LogP contribution is -2.21. The predicted octanol–water partition coefficient (Wildman–Crippen LogP) is 34.1. The summed E-state index contributed by atoms with van der Waals surface area (Å²) in [7, 11) is 0. The number of fused-ring (bicyclic) bond motifs is 15. The van der Waals surface area contributed by atoms with Gasteiger partial charge in [0.1, 0.15) is 11.2 Å². The largest absolute Gasteiger partial charge is 0.456 e. The molecule has 15 rings (SSSR count). The molecule has 0 saturated heterocycles. The molecule has 0 aliphatic heterocycles. The fourth-order valence-corrected chi connectivity index (χ4v) is 14.8. The summed E-state index contributed by atoms with van der Waals surface area (Å²) < 4.78 is 16.7. The molecular weight excluding hydrogens is 1360 g/mol. The van der Waals surface area contributed by atoms with Gasteiger partial charge in [-0.05, 0) is 120 Å². The van der Waals surface area contributed by atoms with E-state index in [9.17, 15) is 0 Å². The Hall–Kier alpha value is -7.24. The summed E-state index contributed by atoms with van der Waals surface area (Å²) >= 11 is 7.45. The molecule has 0 aliphatic carbocycles. The van der Waals surface area contributed by atoms with Crippen LogP contribution in [0.1, 0.15) is 201 Å². The Morgan fingerprint density at radius 3 is 0.406 bits per heavy atom. The van der Waals surface area contributed by atoms with Gasteiger partial charge in [0.2, 0.25) is 0 Å². The number of rotatable bonds is 9. The van der Waals surface area contributed by atoms with E-state index in [1.165, 1.54) is 150 Å². The Balaban J connectivity index is -0.00000112. The summed E-state index contributed by atoms with van der Waals surface area (Å²) in [5.74, 6) is 0. The predicted molar refractivity (Wildman–Crippen MR) is 505 cm³/mol. The van der Waals surface area contributed by atoms with Crippen LogP contribution in [0.5, 0.6) is 0 Å². The molecule has 0 fully saturated rings. The lowest BCUT2D eigenvalue weighted by Gasteiger charge is -2.13. The highest BCUT2D eigenvalue weighted by molar-refractivity contribution is 7.27. The number of hydrogen-bond donors (Lipinski definition) is 0. The molecule has 0 spiro atoms. The van der Waals surface area contributed by atoms with Gasteiger partial charge >= 0.3 is 0 Å². The van der Waals surface area contributed by atoms with Crippen LogP contribution in [0.15, 0.2) is 247 Å². The highest BCUT2D eigenvalue weighted by atomic mass is 32.1. The number of thiophene rings is 4. The zero-order valence-electron chi connectivity index (χ0n) is 71.8. The molecule has 0 bridgehead atoms. The van der Waals surface area contributed by atoms with Gasteiger partial charge in [-0.3, -0.25) is 0 Å². The first-order chi connectivity index (χ1) is 52.3. The van der Waals surface area contributed by atoms with Crippen molar-refractivity contribution in [2.75, 3.05) is 58.9 Å².